The summed E-state index contributed by atoms with van der Waals surface area (Å²) in [5.41, 5.74) is -1.75. The maximum atomic E-state index is 13.1. The van der Waals surface area contributed by atoms with E-state index in [4.69, 9.17) is 18.9 Å². The van der Waals surface area contributed by atoms with Crippen molar-refractivity contribution in [3.63, 3.8) is 0 Å². The summed E-state index contributed by atoms with van der Waals surface area (Å²) in [7, 11) is -10.1. The fourth-order valence-corrected chi connectivity index (χ4v) is 18.5. The molecule has 0 N–H and O–H groups in total. The van der Waals surface area contributed by atoms with Gasteiger partial charge in [-0.15, -0.1) is 0 Å². The molecule has 0 aromatic heterocycles. The van der Waals surface area contributed by atoms with Gasteiger partial charge < -0.3 is 28.1 Å². The summed E-state index contributed by atoms with van der Waals surface area (Å²) in [5, 5.41) is 0. The number of carbonyl (C=O) groups excluding carboxylic acids is 4. The largest absolute Gasteiger partial charge is 2.00 e. The van der Waals surface area contributed by atoms with Crippen LogP contribution >= 0.6 is 0 Å². The first-order valence-corrected chi connectivity index (χ1v) is 56.9. The first-order valence-electron chi connectivity index (χ1n) is 54.1. The Morgan fingerprint density at radius 3 is 0.504 bits per heavy atom. The van der Waals surface area contributed by atoms with Crippen molar-refractivity contribution in [2.45, 2.75) is 551 Å². The smallest absolute Gasteiger partial charge is 0.744 e. The number of hydrogen-bond donors (Lipinski definition) is 0. The van der Waals surface area contributed by atoms with E-state index in [1.54, 1.807) is 24.3 Å². The molecule has 17 heteroatoms. The summed E-state index contributed by atoms with van der Waals surface area (Å²) in [6, 6.07) is 7.12. The molecule has 2 aromatic carbocycles. The van der Waals surface area contributed by atoms with E-state index in [-0.39, 0.29) is 75.3 Å². The van der Waals surface area contributed by atoms with Crippen LogP contribution in [0, 0.1) is 0 Å². The number of carbonyl (C=O) groups is 4. The zero-order valence-electron chi connectivity index (χ0n) is 83.7. The van der Waals surface area contributed by atoms with Crippen molar-refractivity contribution in [3.8, 4) is 0 Å². The molecule has 0 fully saturated rings. The van der Waals surface area contributed by atoms with E-state index in [1.807, 2.05) is 24.3 Å². The standard InChI is InChI=1S/2C56H98O7S.Ca/c2*1-3-5-7-9-11-13-15-17-19-21-23-25-27-29-31-33-35-37-39-41-43-45-50-62-55(57)52-48-47-49-53(64(59,60)61)54(52)56(58)63-51-46-44-42-40-38-36-34-32-30-28-26-24-22-20-18-16-14-12-10-8-6-4-2;/h2*43-49H,3-42,50-51H2,1-2H3,(H,59,60,61);/q;;+2/p-2/b2*45-43+,46-44+;. The van der Waals surface area contributed by atoms with Crippen LogP contribution in [-0.4, -0.2) is 114 Å². The van der Waals surface area contributed by atoms with Gasteiger partial charge in [0.25, 0.3) is 0 Å². The minimum atomic E-state index is -5.05. The molecule has 2 rings (SSSR count). The van der Waals surface area contributed by atoms with Crippen molar-refractivity contribution in [2.24, 2.45) is 0 Å². The molecule has 0 bridgehead atoms. The monoisotopic (exact) mass is 1870 g/mol. The molecule has 14 nitrogen and oxygen atoms in total. The third-order valence-corrected chi connectivity index (χ3v) is 27.0. The summed E-state index contributed by atoms with van der Waals surface area (Å²) in [5.74, 6) is -3.86. The van der Waals surface area contributed by atoms with Gasteiger partial charge >= 0.3 is 61.6 Å². The van der Waals surface area contributed by atoms with Crippen molar-refractivity contribution < 1.29 is 64.1 Å². The molecule has 0 aliphatic rings. The van der Waals surface area contributed by atoms with Gasteiger partial charge in [-0.3, -0.25) is 0 Å². The predicted molar refractivity (Wildman–Crippen MR) is 544 cm³/mol. The van der Waals surface area contributed by atoms with E-state index in [1.165, 1.54) is 474 Å². The van der Waals surface area contributed by atoms with E-state index in [9.17, 15) is 45.1 Å². The molecule has 0 saturated heterocycles. The van der Waals surface area contributed by atoms with Crippen LogP contribution in [0.5, 0.6) is 0 Å². The number of esters is 4. The van der Waals surface area contributed by atoms with E-state index >= 15 is 0 Å². The molecule has 0 aliphatic carbocycles. The molecule has 0 saturated carbocycles. The molecule has 2 aromatic rings. The Kier molecular flexibility index (Phi) is 93.3. The average Bonchev–Trinajstić information content (AvgIpc) is 0.794. The van der Waals surface area contributed by atoms with Crippen molar-refractivity contribution in [1.82, 2.24) is 0 Å². The van der Waals surface area contributed by atoms with Crippen LogP contribution in [0.1, 0.15) is 583 Å². The molecule has 0 unspecified atom stereocenters. The Hall–Kier alpha value is -3.64. The second-order valence-electron chi connectivity index (χ2n) is 37.2. The Bertz CT molecular complexity index is 3020. The van der Waals surface area contributed by atoms with E-state index in [2.05, 4.69) is 27.7 Å². The van der Waals surface area contributed by atoms with Gasteiger partial charge in [-0.25, -0.2) is 36.0 Å². The first-order chi connectivity index (χ1) is 62.6. The molecule has 740 valence electrons. The van der Waals surface area contributed by atoms with Gasteiger partial charge in [-0.1, -0.05) is 551 Å². The molecule has 0 aliphatic heterocycles. The van der Waals surface area contributed by atoms with Crippen molar-refractivity contribution >= 4 is 81.9 Å². The summed E-state index contributed by atoms with van der Waals surface area (Å²) in [4.78, 5) is 50.5. The number of unbranched alkanes of at least 4 members (excludes halogenated alkanes) is 76. The number of ether oxygens (including phenoxy) is 4. The van der Waals surface area contributed by atoms with E-state index in [0.717, 1.165) is 76.3 Å². The number of hydrogen-bond acceptors (Lipinski definition) is 14. The fourth-order valence-electron chi connectivity index (χ4n) is 17.1. The Labute approximate surface area is 824 Å². The van der Waals surface area contributed by atoms with Crippen LogP contribution in [0.25, 0.3) is 0 Å². The van der Waals surface area contributed by atoms with E-state index in [0.29, 0.717) is 0 Å². The van der Waals surface area contributed by atoms with Crippen molar-refractivity contribution in [2.75, 3.05) is 26.4 Å². The quantitative estimate of drug-likeness (QED) is 0.0150. The van der Waals surface area contributed by atoms with Gasteiger partial charge in [0.15, 0.2) is 0 Å². The van der Waals surface area contributed by atoms with Gasteiger partial charge in [-0.2, -0.15) is 0 Å². The number of allylic oxidation sites excluding steroid dienone is 4. The van der Waals surface area contributed by atoms with Gasteiger partial charge in [-0.05, 0) is 75.6 Å². The second-order valence-corrected chi connectivity index (χ2v) is 39.9. The van der Waals surface area contributed by atoms with Crippen LogP contribution in [-0.2, 0) is 39.2 Å². The Morgan fingerprint density at radius 2 is 0.357 bits per heavy atom. The summed E-state index contributed by atoms with van der Waals surface area (Å²) >= 11 is 0. The summed E-state index contributed by atoms with van der Waals surface area (Å²) in [6.45, 7) is 8.87. The first kappa shape index (κ1) is 125. The molecule has 0 heterocycles. The van der Waals surface area contributed by atoms with Gasteiger partial charge in [0.2, 0.25) is 0 Å². The fraction of sp³-hybridized carbons (Fsp3) is 0.786. The molecular weight excluding hydrogens is 1670 g/mol. The Morgan fingerprint density at radius 1 is 0.217 bits per heavy atom. The van der Waals surface area contributed by atoms with Crippen LogP contribution in [0.15, 0.2) is 94.8 Å². The zero-order chi connectivity index (χ0) is 92.9. The maximum absolute atomic E-state index is 13.1. The normalized spacial score (nSPS) is 11.8. The average molecular weight is 1870 g/mol. The summed E-state index contributed by atoms with van der Waals surface area (Å²) in [6.07, 6.45) is 120. The minimum absolute atomic E-state index is 0. The topological polar surface area (TPSA) is 220 Å². The molecule has 0 radical (unpaired) electrons. The SMILES string of the molecule is CCCCCCCCCCCCCCCCCCCCC/C=C/COC(=O)c1cccc(S(=O)(=O)[O-])c1C(=O)OC/C=C/CCCCCCCCCCCCCCCCCCCCC.CCCCCCCCCCCCCCCCCCCCC/C=C/COC(=O)c1cccc(S(=O)(=O)[O-])c1C(=O)OC/C=C/CCCCCCCCCCCCCCCCCCCCC.[Ca+2]. The number of rotatable bonds is 94. The predicted octanol–water partition coefficient (Wildman–Crippen LogP) is 34.9. The van der Waals surface area contributed by atoms with E-state index < -0.39 is 65.0 Å². The van der Waals surface area contributed by atoms with Crippen LogP contribution in [0.2, 0.25) is 0 Å². The van der Waals surface area contributed by atoms with Crippen LogP contribution in [0.3, 0.4) is 0 Å². The van der Waals surface area contributed by atoms with Crippen LogP contribution < -0.4 is 0 Å². The molecule has 129 heavy (non-hydrogen) atoms. The van der Waals surface area contributed by atoms with Gasteiger partial charge in [0.05, 0.1) is 32.0 Å². The minimum Gasteiger partial charge on any atom is -0.744 e. The van der Waals surface area contributed by atoms with Gasteiger partial charge in [0.1, 0.15) is 46.7 Å². The van der Waals surface area contributed by atoms with Crippen molar-refractivity contribution in [3.05, 3.63) is 107 Å². The van der Waals surface area contributed by atoms with Gasteiger partial charge in [0, 0.05) is 0 Å². The maximum Gasteiger partial charge on any atom is 2.00 e. The third kappa shape index (κ3) is 80.2. The summed E-state index contributed by atoms with van der Waals surface area (Å²) < 4.78 is 93.5. The molecule has 0 spiro atoms. The molecular formula is C112H194CaO14S2. The molecule has 0 amide bonds. The van der Waals surface area contributed by atoms with Crippen molar-refractivity contribution in [1.29, 1.82) is 0 Å². The molecule has 0 atom stereocenters. The second kappa shape index (κ2) is 96.1. The van der Waals surface area contributed by atoms with Crippen LogP contribution in [0.4, 0.5) is 0 Å². The Balaban J connectivity index is 0.00000252. The zero-order valence-corrected chi connectivity index (χ0v) is 87.6. The number of benzene rings is 2. The third-order valence-electron chi connectivity index (χ3n) is 25.2.